The molecule has 15 heavy (non-hydrogen) atoms. The molecule has 1 unspecified atom stereocenters. The third-order valence-corrected chi connectivity index (χ3v) is 3.19. The number of nitrogens with one attached hydrogen (secondary N) is 1. The van der Waals surface area contributed by atoms with E-state index in [-0.39, 0.29) is 0 Å². The molecular formula is C12H18BrNO. The summed E-state index contributed by atoms with van der Waals surface area (Å²) in [6.07, 6.45) is 1.02. The van der Waals surface area contributed by atoms with Gasteiger partial charge in [0.2, 0.25) is 0 Å². The lowest BCUT2D eigenvalue weighted by atomic mass is 10.2. The number of halogens is 1. The van der Waals surface area contributed by atoms with Crippen LogP contribution in [0.5, 0.6) is 0 Å². The van der Waals surface area contributed by atoms with Crippen molar-refractivity contribution in [1.82, 2.24) is 0 Å². The lowest BCUT2D eigenvalue weighted by Crippen LogP contribution is -2.17. The van der Waals surface area contributed by atoms with Gasteiger partial charge in [-0.05, 0) is 38.0 Å². The minimum absolute atomic E-state index is 0.430. The fourth-order valence-corrected chi connectivity index (χ4v) is 1.71. The van der Waals surface area contributed by atoms with E-state index in [9.17, 15) is 0 Å². The number of rotatable bonds is 5. The molecule has 0 radical (unpaired) electrons. The molecule has 1 N–H and O–H groups in total. The van der Waals surface area contributed by atoms with E-state index in [1.165, 1.54) is 5.56 Å². The first-order valence-electron chi connectivity index (χ1n) is 5.15. The smallest absolute Gasteiger partial charge is 0.0481 e. The van der Waals surface area contributed by atoms with Gasteiger partial charge < -0.3 is 10.1 Å². The molecule has 0 aliphatic heterocycles. The molecule has 0 fully saturated rings. The van der Waals surface area contributed by atoms with E-state index in [1.54, 1.807) is 7.11 Å². The Bertz CT molecular complexity index is 314. The van der Waals surface area contributed by atoms with Crippen LogP contribution in [0.4, 0.5) is 5.69 Å². The zero-order valence-corrected chi connectivity index (χ0v) is 11.1. The SMILES string of the molecule is COCCC(C)Nc1ccc(C)c(Br)c1. The summed E-state index contributed by atoms with van der Waals surface area (Å²) in [4.78, 5) is 0. The average molecular weight is 272 g/mol. The number of ether oxygens (including phenoxy) is 1. The van der Waals surface area contributed by atoms with Gasteiger partial charge in [0, 0.05) is 29.9 Å². The minimum atomic E-state index is 0.430. The van der Waals surface area contributed by atoms with Gasteiger partial charge in [-0.1, -0.05) is 22.0 Å². The Labute approximate surface area is 100 Å². The number of benzene rings is 1. The van der Waals surface area contributed by atoms with Crippen molar-refractivity contribution in [2.45, 2.75) is 26.3 Å². The molecule has 0 bridgehead atoms. The predicted octanol–water partition coefficient (Wildman–Crippen LogP) is 3.59. The van der Waals surface area contributed by atoms with Gasteiger partial charge in [-0.2, -0.15) is 0 Å². The standard InChI is InChI=1S/C12H18BrNO/c1-9-4-5-11(8-12(9)13)14-10(2)6-7-15-3/h4-5,8,10,14H,6-7H2,1-3H3. The molecule has 1 aromatic rings. The molecule has 3 heteroatoms. The summed E-state index contributed by atoms with van der Waals surface area (Å²) < 4.78 is 6.19. The van der Waals surface area contributed by atoms with Crippen LogP contribution in [0.1, 0.15) is 18.9 Å². The fraction of sp³-hybridized carbons (Fsp3) is 0.500. The van der Waals surface area contributed by atoms with Crippen LogP contribution in [-0.4, -0.2) is 19.8 Å². The van der Waals surface area contributed by atoms with E-state index in [0.29, 0.717) is 6.04 Å². The maximum absolute atomic E-state index is 5.04. The van der Waals surface area contributed by atoms with Crippen molar-refractivity contribution in [1.29, 1.82) is 0 Å². The Balaban J connectivity index is 2.53. The lowest BCUT2D eigenvalue weighted by Gasteiger charge is -2.15. The van der Waals surface area contributed by atoms with E-state index in [1.807, 2.05) is 0 Å². The van der Waals surface area contributed by atoms with Gasteiger partial charge in [0.1, 0.15) is 0 Å². The molecule has 0 aromatic heterocycles. The first-order valence-corrected chi connectivity index (χ1v) is 5.94. The highest BCUT2D eigenvalue weighted by Gasteiger charge is 2.02. The van der Waals surface area contributed by atoms with Crippen molar-refractivity contribution in [3.63, 3.8) is 0 Å². The highest BCUT2D eigenvalue weighted by Crippen LogP contribution is 2.21. The Morgan fingerprint density at radius 1 is 1.47 bits per heavy atom. The average Bonchev–Trinajstić information content (AvgIpc) is 2.20. The van der Waals surface area contributed by atoms with Crippen LogP contribution >= 0.6 is 15.9 Å². The Morgan fingerprint density at radius 3 is 2.80 bits per heavy atom. The van der Waals surface area contributed by atoms with Gasteiger partial charge in [0.05, 0.1) is 0 Å². The Hall–Kier alpha value is -0.540. The van der Waals surface area contributed by atoms with E-state index in [2.05, 4.69) is 53.3 Å². The predicted molar refractivity (Wildman–Crippen MR) is 68.5 cm³/mol. The maximum Gasteiger partial charge on any atom is 0.0481 e. The highest BCUT2D eigenvalue weighted by atomic mass is 79.9. The van der Waals surface area contributed by atoms with Crippen LogP contribution in [0.3, 0.4) is 0 Å². The molecule has 0 amide bonds. The molecule has 0 saturated carbocycles. The molecular weight excluding hydrogens is 254 g/mol. The van der Waals surface area contributed by atoms with Crippen molar-refractivity contribution in [3.05, 3.63) is 28.2 Å². The quantitative estimate of drug-likeness (QED) is 0.884. The highest BCUT2D eigenvalue weighted by molar-refractivity contribution is 9.10. The number of anilines is 1. The number of hydrogen-bond acceptors (Lipinski definition) is 2. The molecule has 0 saturated heterocycles. The summed E-state index contributed by atoms with van der Waals surface area (Å²) in [6, 6.07) is 6.75. The summed E-state index contributed by atoms with van der Waals surface area (Å²) in [7, 11) is 1.73. The number of aryl methyl sites for hydroxylation is 1. The first-order chi connectivity index (χ1) is 7.13. The summed E-state index contributed by atoms with van der Waals surface area (Å²) in [5, 5.41) is 3.43. The largest absolute Gasteiger partial charge is 0.385 e. The Kier molecular flexibility index (Phi) is 5.12. The number of methoxy groups -OCH3 is 1. The topological polar surface area (TPSA) is 21.3 Å². The van der Waals surface area contributed by atoms with E-state index < -0.39 is 0 Å². The van der Waals surface area contributed by atoms with Gasteiger partial charge in [-0.25, -0.2) is 0 Å². The van der Waals surface area contributed by atoms with Crippen LogP contribution in [0.2, 0.25) is 0 Å². The third kappa shape index (κ3) is 4.22. The Morgan fingerprint density at radius 2 is 2.20 bits per heavy atom. The normalized spacial score (nSPS) is 12.5. The van der Waals surface area contributed by atoms with E-state index >= 15 is 0 Å². The van der Waals surface area contributed by atoms with E-state index in [4.69, 9.17) is 4.74 Å². The van der Waals surface area contributed by atoms with Gasteiger partial charge in [-0.15, -0.1) is 0 Å². The zero-order chi connectivity index (χ0) is 11.3. The minimum Gasteiger partial charge on any atom is -0.385 e. The van der Waals surface area contributed by atoms with Gasteiger partial charge in [0.15, 0.2) is 0 Å². The molecule has 0 spiro atoms. The summed E-state index contributed by atoms with van der Waals surface area (Å²) in [5.74, 6) is 0. The third-order valence-electron chi connectivity index (χ3n) is 2.34. The van der Waals surface area contributed by atoms with E-state index in [0.717, 1.165) is 23.2 Å². The molecule has 1 rings (SSSR count). The summed E-state index contributed by atoms with van der Waals surface area (Å²) >= 11 is 3.52. The second-order valence-electron chi connectivity index (χ2n) is 3.79. The van der Waals surface area contributed by atoms with Gasteiger partial charge in [-0.3, -0.25) is 0 Å². The van der Waals surface area contributed by atoms with Crippen LogP contribution in [-0.2, 0) is 4.74 Å². The second-order valence-corrected chi connectivity index (χ2v) is 4.65. The molecule has 1 aromatic carbocycles. The number of hydrogen-bond donors (Lipinski definition) is 1. The van der Waals surface area contributed by atoms with Crippen molar-refractivity contribution in [2.75, 3.05) is 19.0 Å². The van der Waals surface area contributed by atoms with Gasteiger partial charge >= 0.3 is 0 Å². The van der Waals surface area contributed by atoms with Crippen LogP contribution in [0, 0.1) is 6.92 Å². The van der Waals surface area contributed by atoms with Crippen LogP contribution in [0.25, 0.3) is 0 Å². The molecule has 0 heterocycles. The fourth-order valence-electron chi connectivity index (χ4n) is 1.33. The van der Waals surface area contributed by atoms with Crippen LogP contribution < -0.4 is 5.32 Å². The lowest BCUT2D eigenvalue weighted by molar-refractivity contribution is 0.191. The monoisotopic (exact) mass is 271 g/mol. The van der Waals surface area contributed by atoms with Crippen molar-refractivity contribution in [3.8, 4) is 0 Å². The first kappa shape index (κ1) is 12.5. The zero-order valence-electron chi connectivity index (χ0n) is 9.51. The molecule has 1 atom stereocenters. The maximum atomic E-state index is 5.04. The van der Waals surface area contributed by atoms with Crippen molar-refractivity contribution in [2.24, 2.45) is 0 Å². The van der Waals surface area contributed by atoms with Crippen LogP contribution in [0.15, 0.2) is 22.7 Å². The molecule has 2 nitrogen and oxygen atoms in total. The second kappa shape index (κ2) is 6.13. The molecule has 84 valence electrons. The van der Waals surface area contributed by atoms with Crippen molar-refractivity contribution < 1.29 is 4.74 Å². The molecule has 0 aliphatic carbocycles. The summed E-state index contributed by atoms with van der Waals surface area (Å²) in [5.41, 5.74) is 2.40. The van der Waals surface area contributed by atoms with Crippen molar-refractivity contribution >= 4 is 21.6 Å². The molecule has 0 aliphatic rings. The van der Waals surface area contributed by atoms with Gasteiger partial charge in [0.25, 0.3) is 0 Å². The summed E-state index contributed by atoms with van der Waals surface area (Å²) in [6.45, 7) is 5.04.